The number of hydrogen-bond acceptors (Lipinski definition) is 1. The van der Waals surface area contributed by atoms with E-state index in [-0.39, 0.29) is 29.2 Å². The molecule has 1 amide bonds. The molecule has 25 heavy (non-hydrogen) atoms. The topological polar surface area (TPSA) is 34.0 Å². The molecule has 0 fully saturated rings. The van der Waals surface area contributed by atoms with Gasteiger partial charge in [0, 0.05) is 12.4 Å². The summed E-state index contributed by atoms with van der Waals surface area (Å²) in [4.78, 5) is 12.4. The number of amides is 1. The van der Waals surface area contributed by atoms with Crippen LogP contribution in [0, 0.1) is 11.6 Å². The summed E-state index contributed by atoms with van der Waals surface area (Å²) in [5.41, 5.74) is 1.01. The Balaban J connectivity index is 1.82. The van der Waals surface area contributed by atoms with Gasteiger partial charge in [0.05, 0.1) is 23.2 Å². The van der Waals surface area contributed by atoms with Gasteiger partial charge in [-0.1, -0.05) is 23.7 Å². The molecule has 3 rings (SSSR count). The number of benzene rings is 2. The van der Waals surface area contributed by atoms with Crippen LogP contribution in [-0.4, -0.2) is 10.5 Å². The van der Waals surface area contributed by atoms with Gasteiger partial charge in [-0.25, -0.2) is 8.78 Å². The monoisotopic (exact) mass is 360 g/mol. The Bertz CT molecular complexity index is 881. The van der Waals surface area contributed by atoms with Crippen LogP contribution in [0.2, 0.25) is 5.02 Å². The van der Waals surface area contributed by atoms with Crippen molar-refractivity contribution in [3.8, 4) is 0 Å². The first-order valence-corrected chi connectivity index (χ1v) is 8.03. The zero-order valence-corrected chi connectivity index (χ0v) is 13.9. The second-order valence-electron chi connectivity index (χ2n) is 5.58. The SMILES string of the molecule is O=C(CC(c1cccc(F)c1)n1cccc1)Nc1ccc(F)cc1Cl. The largest absolute Gasteiger partial charge is 0.346 e. The van der Waals surface area contributed by atoms with Crippen LogP contribution in [-0.2, 0) is 4.79 Å². The minimum atomic E-state index is -0.479. The molecule has 2 aromatic carbocycles. The van der Waals surface area contributed by atoms with E-state index in [1.54, 1.807) is 12.1 Å². The third kappa shape index (κ3) is 4.25. The summed E-state index contributed by atoms with van der Waals surface area (Å²) in [6.07, 6.45) is 3.70. The molecule has 1 heterocycles. The summed E-state index contributed by atoms with van der Waals surface area (Å²) >= 11 is 5.94. The van der Waals surface area contributed by atoms with Crippen molar-refractivity contribution in [1.82, 2.24) is 4.57 Å². The average molecular weight is 361 g/mol. The van der Waals surface area contributed by atoms with E-state index in [9.17, 15) is 13.6 Å². The van der Waals surface area contributed by atoms with E-state index >= 15 is 0 Å². The van der Waals surface area contributed by atoms with E-state index in [2.05, 4.69) is 5.32 Å². The van der Waals surface area contributed by atoms with Crippen LogP contribution in [0.15, 0.2) is 67.0 Å². The summed E-state index contributed by atoms with van der Waals surface area (Å²) < 4.78 is 28.5. The van der Waals surface area contributed by atoms with Gasteiger partial charge in [0.2, 0.25) is 5.91 Å². The van der Waals surface area contributed by atoms with E-state index in [1.165, 1.54) is 24.3 Å². The molecule has 0 saturated heterocycles. The van der Waals surface area contributed by atoms with Crippen molar-refractivity contribution in [2.45, 2.75) is 12.5 Å². The maximum absolute atomic E-state index is 13.6. The average Bonchev–Trinajstić information content (AvgIpc) is 3.09. The second-order valence-corrected chi connectivity index (χ2v) is 5.98. The molecule has 3 nitrogen and oxygen atoms in total. The van der Waals surface area contributed by atoms with Crippen molar-refractivity contribution in [1.29, 1.82) is 0 Å². The van der Waals surface area contributed by atoms with Crippen LogP contribution in [0.1, 0.15) is 18.0 Å². The first-order valence-electron chi connectivity index (χ1n) is 7.66. The van der Waals surface area contributed by atoms with E-state index in [0.717, 1.165) is 6.07 Å². The molecule has 1 atom stereocenters. The van der Waals surface area contributed by atoms with Crippen LogP contribution in [0.25, 0.3) is 0 Å². The fraction of sp³-hybridized carbons (Fsp3) is 0.105. The maximum atomic E-state index is 13.6. The van der Waals surface area contributed by atoms with Gasteiger partial charge in [0.15, 0.2) is 0 Å². The van der Waals surface area contributed by atoms with Crippen LogP contribution in [0.3, 0.4) is 0 Å². The molecule has 3 aromatic rings. The minimum Gasteiger partial charge on any atom is -0.346 e. The quantitative estimate of drug-likeness (QED) is 0.679. The Hall–Kier alpha value is -2.66. The number of aromatic nitrogens is 1. The number of carbonyl (C=O) groups is 1. The highest BCUT2D eigenvalue weighted by atomic mass is 35.5. The van der Waals surface area contributed by atoms with Crippen LogP contribution in [0.4, 0.5) is 14.5 Å². The molecule has 0 aliphatic heterocycles. The predicted molar refractivity (Wildman–Crippen MR) is 93.6 cm³/mol. The van der Waals surface area contributed by atoms with E-state index in [4.69, 9.17) is 11.6 Å². The highest BCUT2D eigenvalue weighted by Crippen LogP contribution is 2.26. The Kier molecular flexibility index (Phi) is 5.14. The van der Waals surface area contributed by atoms with Gasteiger partial charge in [-0.05, 0) is 48.0 Å². The predicted octanol–water partition coefficient (Wildman–Crippen LogP) is 5.04. The van der Waals surface area contributed by atoms with E-state index < -0.39 is 5.82 Å². The van der Waals surface area contributed by atoms with E-state index in [0.29, 0.717) is 11.3 Å². The molecule has 0 radical (unpaired) electrons. The van der Waals surface area contributed by atoms with Gasteiger partial charge in [0.25, 0.3) is 0 Å². The van der Waals surface area contributed by atoms with Gasteiger partial charge >= 0.3 is 0 Å². The van der Waals surface area contributed by atoms with Crippen molar-refractivity contribution >= 4 is 23.2 Å². The van der Waals surface area contributed by atoms with Crippen molar-refractivity contribution in [2.75, 3.05) is 5.32 Å². The molecule has 0 aliphatic carbocycles. The van der Waals surface area contributed by atoms with Crippen molar-refractivity contribution in [3.63, 3.8) is 0 Å². The number of hydrogen-bond donors (Lipinski definition) is 1. The lowest BCUT2D eigenvalue weighted by Gasteiger charge is -2.19. The summed E-state index contributed by atoms with van der Waals surface area (Å²) in [7, 11) is 0. The fourth-order valence-corrected chi connectivity index (χ4v) is 2.85. The molecule has 1 N–H and O–H groups in total. The number of anilines is 1. The lowest BCUT2D eigenvalue weighted by Crippen LogP contribution is -2.20. The molecule has 128 valence electrons. The normalized spacial score (nSPS) is 12.0. The van der Waals surface area contributed by atoms with Crippen molar-refractivity contribution in [2.24, 2.45) is 0 Å². The highest BCUT2D eigenvalue weighted by Gasteiger charge is 2.18. The Morgan fingerprint density at radius 1 is 1.04 bits per heavy atom. The first kappa shape index (κ1) is 17.2. The maximum Gasteiger partial charge on any atom is 0.226 e. The van der Waals surface area contributed by atoms with E-state index in [1.807, 2.05) is 29.1 Å². The first-order chi connectivity index (χ1) is 12.0. The minimum absolute atomic E-state index is 0.0752. The van der Waals surface area contributed by atoms with Gasteiger partial charge in [-0.2, -0.15) is 0 Å². The number of nitrogens with one attached hydrogen (secondary N) is 1. The lowest BCUT2D eigenvalue weighted by molar-refractivity contribution is -0.116. The van der Waals surface area contributed by atoms with Crippen LogP contribution < -0.4 is 5.32 Å². The second kappa shape index (κ2) is 7.49. The number of halogens is 3. The van der Waals surface area contributed by atoms with Gasteiger partial charge in [-0.3, -0.25) is 4.79 Å². The van der Waals surface area contributed by atoms with Crippen molar-refractivity contribution < 1.29 is 13.6 Å². The molecular formula is C19H15ClF2N2O. The summed E-state index contributed by atoms with van der Waals surface area (Å²) in [6, 6.07) is 13.2. The smallest absolute Gasteiger partial charge is 0.226 e. The number of rotatable bonds is 5. The molecule has 0 aliphatic rings. The molecule has 1 unspecified atom stereocenters. The van der Waals surface area contributed by atoms with Gasteiger partial charge in [-0.15, -0.1) is 0 Å². The lowest BCUT2D eigenvalue weighted by atomic mass is 10.0. The number of carbonyl (C=O) groups excluding carboxylic acids is 1. The molecule has 6 heteroatoms. The van der Waals surface area contributed by atoms with Gasteiger partial charge in [0.1, 0.15) is 11.6 Å². The molecule has 0 spiro atoms. The standard InChI is InChI=1S/C19H15ClF2N2O/c20-16-11-15(22)6-7-17(16)23-19(25)12-18(24-8-1-2-9-24)13-4-3-5-14(21)10-13/h1-11,18H,12H2,(H,23,25). The summed E-state index contributed by atoms with van der Waals surface area (Å²) in [5.74, 6) is -1.15. The highest BCUT2D eigenvalue weighted by molar-refractivity contribution is 6.33. The molecule has 0 bridgehead atoms. The van der Waals surface area contributed by atoms with Crippen LogP contribution in [0.5, 0.6) is 0 Å². The van der Waals surface area contributed by atoms with Crippen LogP contribution >= 0.6 is 11.6 Å². The fourth-order valence-electron chi connectivity index (χ4n) is 2.63. The summed E-state index contributed by atoms with van der Waals surface area (Å²) in [6.45, 7) is 0. The Labute approximate surface area is 148 Å². The third-order valence-electron chi connectivity index (χ3n) is 3.80. The Morgan fingerprint density at radius 3 is 2.44 bits per heavy atom. The molecule has 0 saturated carbocycles. The molecular weight excluding hydrogens is 346 g/mol. The van der Waals surface area contributed by atoms with Crippen molar-refractivity contribution in [3.05, 3.63) is 89.2 Å². The molecule has 1 aromatic heterocycles. The zero-order chi connectivity index (χ0) is 17.8. The Morgan fingerprint density at radius 2 is 1.76 bits per heavy atom. The number of nitrogens with zero attached hydrogens (tertiary/aromatic N) is 1. The zero-order valence-electron chi connectivity index (χ0n) is 13.1. The third-order valence-corrected chi connectivity index (χ3v) is 4.12. The van der Waals surface area contributed by atoms with Gasteiger partial charge < -0.3 is 9.88 Å². The summed E-state index contributed by atoms with van der Waals surface area (Å²) in [5, 5.41) is 2.79.